The van der Waals surface area contributed by atoms with Gasteiger partial charge in [0.25, 0.3) is 0 Å². The third-order valence-corrected chi connectivity index (χ3v) is 1.72. The summed E-state index contributed by atoms with van der Waals surface area (Å²) in [6.07, 6.45) is -4.14. The van der Waals surface area contributed by atoms with E-state index in [2.05, 4.69) is 5.10 Å². The molecule has 13 heavy (non-hydrogen) atoms. The van der Waals surface area contributed by atoms with Crippen molar-refractivity contribution < 1.29 is 18.0 Å². The molecule has 0 saturated carbocycles. The van der Waals surface area contributed by atoms with Gasteiger partial charge in [0.1, 0.15) is 5.69 Å². The van der Waals surface area contributed by atoms with Crippen LogP contribution in [0.4, 0.5) is 13.2 Å². The summed E-state index contributed by atoms with van der Waals surface area (Å²) in [5.41, 5.74) is -1.19. The summed E-state index contributed by atoms with van der Waals surface area (Å²) in [7, 11) is 1.30. The Hall–Kier alpha value is -1.33. The molecule has 1 heterocycles. The zero-order chi connectivity index (χ0) is 10.2. The minimum atomic E-state index is -4.50. The minimum Gasteiger partial charge on any atom is -0.296 e. The van der Waals surface area contributed by atoms with E-state index >= 15 is 0 Å². The topological polar surface area (TPSA) is 34.9 Å². The first-order chi connectivity index (χ1) is 5.88. The van der Waals surface area contributed by atoms with E-state index in [0.29, 0.717) is 6.29 Å². The van der Waals surface area contributed by atoms with Gasteiger partial charge in [0.2, 0.25) is 0 Å². The summed E-state index contributed by atoms with van der Waals surface area (Å²) in [5.74, 6) is 0. The molecule has 3 nitrogen and oxygen atoms in total. The van der Waals surface area contributed by atoms with E-state index in [-0.39, 0.29) is 11.3 Å². The van der Waals surface area contributed by atoms with Crippen LogP contribution in [0.5, 0.6) is 0 Å². The highest BCUT2D eigenvalue weighted by Crippen LogP contribution is 2.31. The molecule has 6 heteroatoms. The standard InChI is InChI=1S/C7H7F3N2O/c1-4-5(3-13)12(2)11-6(4)7(8,9)10/h3H,1-2H3. The van der Waals surface area contributed by atoms with E-state index in [1.165, 1.54) is 14.0 Å². The van der Waals surface area contributed by atoms with Gasteiger partial charge in [-0.1, -0.05) is 0 Å². The molecule has 0 spiro atoms. The SMILES string of the molecule is Cc1c(C(F)(F)F)nn(C)c1C=O. The lowest BCUT2D eigenvalue weighted by Gasteiger charge is -2.01. The fourth-order valence-electron chi connectivity index (χ4n) is 1.08. The van der Waals surface area contributed by atoms with Crippen molar-refractivity contribution in [2.24, 2.45) is 7.05 Å². The molecule has 1 aromatic rings. The molecule has 1 rings (SSSR count). The quantitative estimate of drug-likeness (QED) is 0.633. The van der Waals surface area contributed by atoms with Crippen LogP contribution in [-0.2, 0) is 13.2 Å². The summed E-state index contributed by atoms with van der Waals surface area (Å²) < 4.78 is 37.5. The van der Waals surface area contributed by atoms with Crippen molar-refractivity contribution in [2.45, 2.75) is 13.1 Å². The van der Waals surface area contributed by atoms with Crippen molar-refractivity contribution in [1.29, 1.82) is 0 Å². The fourth-order valence-corrected chi connectivity index (χ4v) is 1.08. The lowest BCUT2D eigenvalue weighted by atomic mass is 10.2. The molecule has 0 N–H and O–H groups in total. The van der Waals surface area contributed by atoms with Crippen LogP contribution in [0, 0.1) is 6.92 Å². The Bertz CT molecular complexity index is 340. The van der Waals surface area contributed by atoms with Gasteiger partial charge in [-0.15, -0.1) is 0 Å². The summed E-state index contributed by atoms with van der Waals surface area (Å²) in [5, 5.41) is 3.21. The number of nitrogens with zero attached hydrogens (tertiary/aromatic N) is 2. The van der Waals surface area contributed by atoms with E-state index in [9.17, 15) is 18.0 Å². The number of aromatic nitrogens is 2. The van der Waals surface area contributed by atoms with Crippen LogP contribution in [-0.4, -0.2) is 16.1 Å². The zero-order valence-corrected chi connectivity index (χ0v) is 7.01. The van der Waals surface area contributed by atoms with Gasteiger partial charge in [-0.25, -0.2) is 0 Å². The highest BCUT2D eigenvalue weighted by molar-refractivity contribution is 5.75. The lowest BCUT2D eigenvalue weighted by Crippen LogP contribution is -2.08. The summed E-state index contributed by atoms with van der Waals surface area (Å²) in [4.78, 5) is 10.4. The second kappa shape index (κ2) is 2.86. The molecular weight excluding hydrogens is 185 g/mol. The number of alkyl halides is 3. The van der Waals surface area contributed by atoms with Gasteiger partial charge in [0, 0.05) is 12.6 Å². The highest BCUT2D eigenvalue weighted by Gasteiger charge is 2.37. The smallest absolute Gasteiger partial charge is 0.296 e. The van der Waals surface area contributed by atoms with Crippen LogP contribution in [0.2, 0.25) is 0 Å². The molecule has 0 amide bonds. The van der Waals surface area contributed by atoms with Crippen LogP contribution in [0.25, 0.3) is 0 Å². The highest BCUT2D eigenvalue weighted by atomic mass is 19.4. The molecule has 0 fully saturated rings. The van der Waals surface area contributed by atoms with Gasteiger partial charge < -0.3 is 0 Å². The van der Waals surface area contributed by atoms with Gasteiger partial charge in [0.15, 0.2) is 12.0 Å². The number of aldehydes is 1. The van der Waals surface area contributed by atoms with Crippen LogP contribution >= 0.6 is 0 Å². The molecule has 72 valence electrons. The van der Waals surface area contributed by atoms with Gasteiger partial charge >= 0.3 is 6.18 Å². The van der Waals surface area contributed by atoms with Gasteiger partial charge in [0.05, 0.1) is 0 Å². The fraction of sp³-hybridized carbons (Fsp3) is 0.429. The Balaban J connectivity index is 3.34. The molecule has 1 aromatic heterocycles. The Labute approximate surface area is 72.2 Å². The van der Waals surface area contributed by atoms with Crippen molar-refractivity contribution in [3.8, 4) is 0 Å². The second-order valence-corrected chi connectivity index (χ2v) is 2.60. The van der Waals surface area contributed by atoms with Gasteiger partial charge in [-0.2, -0.15) is 18.3 Å². The monoisotopic (exact) mass is 192 g/mol. The number of carbonyl (C=O) groups excluding carboxylic acids is 1. The number of carbonyl (C=O) groups is 1. The maximum Gasteiger partial charge on any atom is 0.435 e. The van der Waals surface area contributed by atoms with Crippen LogP contribution in [0.1, 0.15) is 21.7 Å². The first-order valence-electron chi connectivity index (χ1n) is 3.44. The minimum absolute atomic E-state index is 0.0488. The van der Waals surface area contributed by atoms with Crippen LogP contribution in [0.3, 0.4) is 0 Å². The second-order valence-electron chi connectivity index (χ2n) is 2.60. The number of rotatable bonds is 1. The Morgan fingerprint density at radius 3 is 2.23 bits per heavy atom. The van der Waals surface area contributed by atoms with E-state index in [1.54, 1.807) is 0 Å². The lowest BCUT2D eigenvalue weighted by molar-refractivity contribution is -0.141. The molecule has 0 aliphatic rings. The van der Waals surface area contributed by atoms with Crippen molar-refractivity contribution >= 4 is 6.29 Å². The predicted octanol–water partition coefficient (Wildman–Crippen LogP) is 1.56. The summed E-state index contributed by atoms with van der Waals surface area (Å²) in [6, 6.07) is 0. The molecule has 0 aliphatic carbocycles. The van der Waals surface area contributed by atoms with Crippen molar-refractivity contribution in [1.82, 2.24) is 9.78 Å². The summed E-state index contributed by atoms with van der Waals surface area (Å²) >= 11 is 0. The number of hydrogen-bond donors (Lipinski definition) is 0. The van der Waals surface area contributed by atoms with E-state index in [0.717, 1.165) is 4.68 Å². The number of halogens is 3. The third kappa shape index (κ3) is 1.56. The Morgan fingerprint density at radius 1 is 1.46 bits per heavy atom. The van der Waals surface area contributed by atoms with Crippen LogP contribution < -0.4 is 0 Å². The third-order valence-electron chi connectivity index (χ3n) is 1.72. The first kappa shape index (κ1) is 9.76. The van der Waals surface area contributed by atoms with E-state index in [1.807, 2.05) is 0 Å². The molecule has 0 saturated heterocycles. The first-order valence-corrected chi connectivity index (χ1v) is 3.44. The molecule has 0 aliphatic heterocycles. The predicted molar refractivity (Wildman–Crippen MR) is 38.3 cm³/mol. The van der Waals surface area contributed by atoms with Crippen molar-refractivity contribution in [3.05, 3.63) is 17.0 Å². The van der Waals surface area contributed by atoms with E-state index in [4.69, 9.17) is 0 Å². The van der Waals surface area contributed by atoms with Crippen molar-refractivity contribution in [2.75, 3.05) is 0 Å². The largest absolute Gasteiger partial charge is 0.435 e. The van der Waals surface area contributed by atoms with E-state index < -0.39 is 11.9 Å². The molecular formula is C7H7F3N2O. The number of hydrogen-bond acceptors (Lipinski definition) is 2. The molecule has 0 atom stereocenters. The Morgan fingerprint density at radius 2 is 2.00 bits per heavy atom. The van der Waals surface area contributed by atoms with Crippen LogP contribution in [0.15, 0.2) is 0 Å². The number of aryl methyl sites for hydroxylation is 1. The zero-order valence-electron chi connectivity index (χ0n) is 7.01. The van der Waals surface area contributed by atoms with Gasteiger partial charge in [-0.3, -0.25) is 9.48 Å². The Kier molecular flexibility index (Phi) is 2.15. The average Bonchev–Trinajstić information content (AvgIpc) is 2.25. The molecule has 0 aromatic carbocycles. The summed E-state index contributed by atoms with van der Waals surface area (Å²) in [6.45, 7) is 1.22. The molecule has 0 unspecified atom stereocenters. The normalized spacial score (nSPS) is 11.8. The maximum atomic E-state index is 12.2. The molecule has 0 bridgehead atoms. The molecule has 0 radical (unpaired) electrons. The van der Waals surface area contributed by atoms with Crippen molar-refractivity contribution in [3.63, 3.8) is 0 Å². The van der Waals surface area contributed by atoms with Gasteiger partial charge in [-0.05, 0) is 6.92 Å². The maximum absolute atomic E-state index is 12.2. The average molecular weight is 192 g/mol.